The van der Waals surface area contributed by atoms with Crippen molar-refractivity contribution in [3.05, 3.63) is 58.5 Å². The van der Waals surface area contributed by atoms with Crippen LogP contribution in [0.2, 0.25) is 0 Å². The summed E-state index contributed by atoms with van der Waals surface area (Å²) in [5.74, 6) is 0.451. The van der Waals surface area contributed by atoms with Gasteiger partial charge in [0.25, 0.3) is 0 Å². The molecule has 7 nitrogen and oxygen atoms in total. The van der Waals surface area contributed by atoms with Crippen molar-refractivity contribution in [2.24, 2.45) is 0 Å². The number of thiazole rings is 1. The van der Waals surface area contributed by atoms with Gasteiger partial charge in [0.2, 0.25) is 15.9 Å². The molecule has 164 valence electrons. The van der Waals surface area contributed by atoms with Crippen molar-refractivity contribution in [1.29, 1.82) is 0 Å². The lowest BCUT2D eigenvalue weighted by atomic mass is 10.1. The average molecular weight is 460 g/mol. The lowest BCUT2D eigenvalue weighted by Crippen LogP contribution is -2.28. The predicted molar refractivity (Wildman–Crippen MR) is 123 cm³/mol. The summed E-state index contributed by atoms with van der Waals surface area (Å²) in [5.41, 5.74) is 3.23. The van der Waals surface area contributed by atoms with Gasteiger partial charge in [0, 0.05) is 23.4 Å². The molecule has 0 saturated heterocycles. The number of hydrogen-bond donors (Lipinski definition) is 2. The van der Waals surface area contributed by atoms with Gasteiger partial charge >= 0.3 is 0 Å². The van der Waals surface area contributed by atoms with Crippen molar-refractivity contribution >= 4 is 32.4 Å². The number of amides is 1. The van der Waals surface area contributed by atoms with E-state index in [1.165, 1.54) is 11.3 Å². The normalized spacial score (nSPS) is 11.4. The standard InChI is InChI=1S/C22H25N3O4S2/c1-14-5-6-15(2)19(13-14)31(27,28)23-12-11-20(26)24-22-25-21(16(3)30-22)17-7-9-18(29-4)10-8-17/h5-10,13,23H,11-12H2,1-4H3,(H,24,25,26). The predicted octanol–water partition coefficient (Wildman–Crippen LogP) is 4.05. The first-order chi connectivity index (χ1) is 14.7. The number of carbonyl (C=O) groups excluding carboxylic acids is 1. The first kappa shape index (κ1) is 22.9. The van der Waals surface area contributed by atoms with Crippen LogP contribution in [0.25, 0.3) is 11.3 Å². The molecule has 0 spiro atoms. The molecule has 0 fully saturated rings. The van der Waals surface area contributed by atoms with Gasteiger partial charge in [-0.25, -0.2) is 18.1 Å². The van der Waals surface area contributed by atoms with Crippen LogP contribution < -0.4 is 14.8 Å². The van der Waals surface area contributed by atoms with E-state index in [-0.39, 0.29) is 23.8 Å². The first-order valence-corrected chi connectivity index (χ1v) is 12.0. The molecule has 0 bridgehead atoms. The van der Waals surface area contributed by atoms with E-state index in [0.717, 1.165) is 27.4 Å². The van der Waals surface area contributed by atoms with Gasteiger partial charge in [0.05, 0.1) is 17.7 Å². The Morgan fingerprint density at radius 1 is 1.10 bits per heavy atom. The molecule has 0 aliphatic rings. The molecule has 1 amide bonds. The molecule has 1 heterocycles. The highest BCUT2D eigenvalue weighted by atomic mass is 32.2. The number of anilines is 1. The topological polar surface area (TPSA) is 97.4 Å². The van der Waals surface area contributed by atoms with Crippen molar-refractivity contribution in [2.75, 3.05) is 19.0 Å². The Labute approximate surface area is 186 Å². The van der Waals surface area contributed by atoms with E-state index in [1.54, 1.807) is 26.2 Å². The van der Waals surface area contributed by atoms with E-state index in [1.807, 2.05) is 44.2 Å². The Kier molecular flexibility index (Phi) is 7.09. The van der Waals surface area contributed by atoms with Crippen LogP contribution in [-0.4, -0.2) is 33.0 Å². The summed E-state index contributed by atoms with van der Waals surface area (Å²) in [6.07, 6.45) is 0.000585. The lowest BCUT2D eigenvalue weighted by Gasteiger charge is -2.10. The third kappa shape index (κ3) is 5.69. The van der Waals surface area contributed by atoms with Gasteiger partial charge in [-0.2, -0.15) is 0 Å². The van der Waals surface area contributed by atoms with Gasteiger partial charge in [-0.15, -0.1) is 11.3 Å². The van der Waals surface area contributed by atoms with Gasteiger partial charge in [0.15, 0.2) is 5.13 Å². The van der Waals surface area contributed by atoms with Crippen LogP contribution in [0.15, 0.2) is 47.4 Å². The third-order valence-electron chi connectivity index (χ3n) is 4.68. The van der Waals surface area contributed by atoms with Gasteiger partial charge in [-0.05, 0) is 62.2 Å². The van der Waals surface area contributed by atoms with Crippen LogP contribution in [0, 0.1) is 20.8 Å². The Hall–Kier alpha value is -2.75. The lowest BCUT2D eigenvalue weighted by molar-refractivity contribution is -0.116. The maximum atomic E-state index is 12.5. The molecule has 0 radical (unpaired) electrons. The van der Waals surface area contributed by atoms with E-state index in [2.05, 4.69) is 15.0 Å². The number of hydrogen-bond acceptors (Lipinski definition) is 6. The number of aromatic nitrogens is 1. The number of aryl methyl sites for hydroxylation is 3. The first-order valence-electron chi connectivity index (χ1n) is 9.68. The maximum absolute atomic E-state index is 12.5. The molecule has 0 saturated carbocycles. The second-order valence-electron chi connectivity index (χ2n) is 7.12. The number of rotatable bonds is 8. The number of carbonyl (C=O) groups is 1. The Morgan fingerprint density at radius 3 is 2.48 bits per heavy atom. The van der Waals surface area contributed by atoms with E-state index >= 15 is 0 Å². The third-order valence-corrected chi connectivity index (χ3v) is 7.17. The van der Waals surface area contributed by atoms with Gasteiger partial charge in [0.1, 0.15) is 5.75 Å². The minimum absolute atomic E-state index is 0.000585. The van der Waals surface area contributed by atoms with Crippen molar-refractivity contribution < 1.29 is 17.9 Å². The zero-order chi connectivity index (χ0) is 22.6. The average Bonchev–Trinajstić information content (AvgIpc) is 3.09. The molecule has 0 aliphatic carbocycles. The van der Waals surface area contributed by atoms with Crippen LogP contribution >= 0.6 is 11.3 Å². The van der Waals surface area contributed by atoms with Gasteiger partial charge in [-0.1, -0.05) is 12.1 Å². The largest absolute Gasteiger partial charge is 0.497 e. The zero-order valence-corrected chi connectivity index (χ0v) is 19.5. The van der Waals surface area contributed by atoms with Crippen molar-refractivity contribution in [3.8, 4) is 17.0 Å². The van der Waals surface area contributed by atoms with Crippen LogP contribution in [0.4, 0.5) is 5.13 Å². The molecular formula is C22H25N3O4S2. The number of nitrogens with zero attached hydrogens (tertiary/aromatic N) is 1. The van der Waals surface area contributed by atoms with E-state index in [9.17, 15) is 13.2 Å². The molecule has 3 rings (SSSR count). The van der Waals surface area contributed by atoms with E-state index < -0.39 is 10.0 Å². The second kappa shape index (κ2) is 9.59. The summed E-state index contributed by atoms with van der Waals surface area (Å²) >= 11 is 1.37. The highest BCUT2D eigenvalue weighted by molar-refractivity contribution is 7.89. The van der Waals surface area contributed by atoms with Crippen LogP contribution in [0.5, 0.6) is 5.75 Å². The molecule has 1 aromatic heterocycles. The molecule has 0 aliphatic heterocycles. The Balaban J connectivity index is 1.59. The monoisotopic (exact) mass is 459 g/mol. The Morgan fingerprint density at radius 2 is 1.81 bits per heavy atom. The maximum Gasteiger partial charge on any atom is 0.240 e. The van der Waals surface area contributed by atoms with Crippen molar-refractivity contribution in [1.82, 2.24) is 9.71 Å². The van der Waals surface area contributed by atoms with Gasteiger partial charge < -0.3 is 10.1 Å². The van der Waals surface area contributed by atoms with E-state index in [0.29, 0.717) is 10.7 Å². The highest BCUT2D eigenvalue weighted by Crippen LogP contribution is 2.31. The molecule has 31 heavy (non-hydrogen) atoms. The minimum atomic E-state index is -3.68. The highest BCUT2D eigenvalue weighted by Gasteiger charge is 2.18. The molecule has 3 aromatic rings. The smallest absolute Gasteiger partial charge is 0.240 e. The summed E-state index contributed by atoms with van der Waals surface area (Å²) in [6, 6.07) is 12.8. The zero-order valence-electron chi connectivity index (χ0n) is 17.9. The quantitative estimate of drug-likeness (QED) is 0.530. The molecule has 2 aromatic carbocycles. The van der Waals surface area contributed by atoms with Gasteiger partial charge in [-0.3, -0.25) is 4.79 Å². The molecule has 2 N–H and O–H groups in total. The fourth-order valence-electron chi connectivity index (χ4n) is 3.02. The molecule has 0 atom stereocenters. The Bertz CT molecular complexity index is 1190. The SMILES string of the molecule is COc1ccc(-c2nc(NC(=O)CCNS(=O)(=O)c3cc(C)ccc3C)sc2C)cc1. The molecule has 9 heteroatoms. The van der Waals surface area contributed by atoms with Crippen LogP contribution in [-0.2, 0) is 14.8 Å². The number of sulfonamides is 1. The van der Waals surface area contributed by atoms with Crippen molar-refractivity contribution in [3.63, 3.8) is 0 Å². The molecular weight excluding hydrogens is 434 g/mol. The summed E-state index contributed by atoms with van der Waals surface area (Å²) in [6.45, 7) is 5.51. The fraction of sp³-hybridized carbons (Fsp3) is 0.273. The van der Waals surface area contributed by atoms with Crippen LogP contribution in [0.1, 0.15) is 22.4 Å². The number of ether oxygens (including phenoxy) is 1. The summed E-state index contributed by atoms with van der Waals surface area (Å²) in [4.78, 5) is 18.0. The summed E-state index contributed by atoms with van der Waals surface area (Å²) < 4.78 is 32.7. The number of nitrogens with one attached hydrogen (secondary N) is 2. The van der Waals surface area contributed by atoms with Crippen LogP contribution in [0.3, 0.4) is 0 Å². The molecule has 0 unspecified atom stereocenters. The number of benzene rings is 2. The van der Waals surface area contributed by atoms with E-state index in [4.69, 9.17) is 4.74 Å². The summed E-state index contributed by atoms with van der Waals surface area (Å²) in [7, 11) is -2.07. The minimum Gasteiger partial charge on any atom is -0.497 e. The van der Waals surface area contributed by atoms with Crippen molar-refractivity contribution in [2.45, 2.75) is 32.1 Å². The fourth-order valence-corrected chi connectivity index (χ4v) is 5.23. The number of methoxy groups -OCH3 is 1. The summed E-state index contributed by atoms with van der Waals surface area (Å²) in [5, 5.41) is 3.23. The second-order valence-corrected chi connectivity index (χ2v) is 10.1.